The Labute approximate surface area is 201 Å². The molecular formula is C23H31IN4O3. The summed E-state index contributed by atoms with van der Waals surface area (Å²) >= 11 is 0. The van der Waals surface area contributed by atoms with Gasteiger partial charge in [0.2, 0.25) is 5.91 Å². The summed E-state index contributed by atoms with van der Waals surface area (Å²) in [4.78, 5) is 18.2. The molecule has 1 aliphatic heterocycles. The van der Waals surface area contributed by atoms with Gasteiger partial charge in [0.25, 0.3) is 0 Å². The molecule has 0 aromatic heterocycles. The number of aliphatic imine (C=N–C) groups is 1. The maximum absolute atomic E-state index is 12.0. The number of halogens is 1. The van der Waals surface area contributed by atoms with Crippen molar-refractivity contribution < 1.29 is 14.3 Å². The van der Waals surface area contributed by atoms with Gasteiger partial charge in [-0.3, -0.25) is 9.79 Å². The number of benzene rings is 2. The van der Waals surface area contributed by atoms with E-state index in [9.17, 15) is 4.79 Å². The van der Waals surface area contributed by atoms with Crippen LogP contribution < -0.4 is 20.1 Å². The predicted molar refractivity (Wildman–Crippen MR) is 133 cm³/mol. The van der Waals surface area contributed by atoms with Gasteiger partial charge in [0.1, 0.15) is 0 Å². The van der Waals surface area contributed by atoms with Gasteiger partial charge in [-0.15, -0.1) is 24.0 Å². The number of nitrogens with one attached hydrogen (secondary N) is 2. The van der Waals surface area contributed by atoms with Crippen molar-refractivity contribution in [2.75, 3.05) is 27.8 Å². The monoisotopic (exact) mass is 538 g/mol. The Hall–Kier alpha value is -2.49. The predicted octanol–water partition coefficient (Wildman–Crippen LogP) is 3.31. The minimum Gasteiger partial charge on any atom is -0.493 e. The van der Waals surface area contributed by atoms with Crippen LogP contribution in [0.2, 0.25) is 0 Å². The van der Waals surface area contributed by atoms with E-state index >= 15 is 0 Å². The van der Waals surface area contributed by atoms with Crippen LogP contribution in [0.25, 0.3) is 0 Å². The number of nitrogens with zero attached hydrogens (tertiary/aromatic N) is 2. The average molecular weight is 538 g/mol. The number of hydrogen-bond acceptors (Lipinski definition) is 4. The molecule has 8 heteroatoms. The molecule has 0 radical (unpaired) electrons. The smallest absolute Gasteiger partial charge is 0.222 e. The molecule has 1 amide bonds. The summed E-state index contributed by atoms with van der Waals surface area (Å²) in [6, 6.07) is 14.0. The highest BCUT2D eigenvalue weighted by Crippen LogP contribution is 2.27. The molecule has 0 spiro atoms. The molecule has 0 bridgehead atoms. The number of carbonyl (C=O) groups excluding carboxylic acids is 1. The zero-order valence-corrected chi connectivity index (χ0v) is 20.6. The number of hydrogen-bond donors (Lipinski definition) is 2. The Morgan fingerprint density at radius 3 is 2.39 bits per heavy atom. The van der Waals surface area contributed by atoms with E-state index < -0.39 is 0 Å². The molecule has 2 aromatic rings. The number of rotatable bonds is 8. The highest BCUT2D eigenvalue weighted by molar-refractivity contribution is 14.0. The van der Waals surface area contributed by atoms with Crippen molar-refractivity contribution in [2.24, 2.45) is 4.99 Å². The van der Waals surface area contributed by atoms with Gasteiger partial charge in [0, 0.05) is 39.6 Å². The zero-order valence-electron chi connectivity index (χ0n) is 18.3. The Morgan fingerprint density at radius 1 is 1.03 bits per heavy atom. The van der Waals surface area contributed by atoms with Crippen LogP contribution in [-0.4, -0.2) is 44.6 Å². The topological polar surface area (TPSA) is 75.2 Å². The number of likely N-dealkylation sites (tertiary alicyclic amines) is 1. The average Bonchev–Trinajstić information content (AvgIpc) is 3.18. The third-order valence-corrected chi connectivity index (χ3v) is 5.23. The molecule has 1 aliphatic rings. The lowest BCUT2D eigenvalue weighted by atomic mass is 10.1. The fourth-order valence-electron chi connectivity index (χ4n) is 3.54. The minimum absolute atomic E-state index is 0. The normalized spacial score (nSPS) is 13.6. The molecule has 168 valence electrons. The van der Waals surface area contributed by atoms with Gasteiger partial charge >= 0.3 is 0 Å². The summed E-state index contributed by atoms with van der Waals surface area (Å²) < 4.78 is 10.6. The Balaban J connectivity index is 0.00000341. The molecule has 0 aliphatic carbocycles. The van der Waals surface area contributed by atoms with Gasteiger partial charge in [0.15, 0.2) is 17.5 Å². The first-order valence-corrected chi connectivity index (χ1v) is 10.1. The Bertz CT molecular complexity index is 904. The molecule has 7 nitrogen and oxygen atoms in total. The van der Waals surface area contributed by atoms with Crippen molar-refractivity contribution in [2.45, 2.75) is 32.5 Å². The van der Waals surface area contributed by atoms with Crippen molar-refractivity contribution in [1.82, 2.24) is 15.5 Å². The Morgan fingerprint density at radius 2 is 1.74 bits per heavy atom. The van der Waals surface area contributed by atoms with Crippen LogP contribution in [0.5, 0.6) is 11.5 Å². The summed E-state index contributed by atoms with van der Waals surface area (Å²) in [5, 5.41) is 6.69. The van der Waals surface area contributed by atoms with Crippen LogP contribution in [0, 0.1) is 0 Å². The molecule has 1 saturated heterocycles. The first-order chi connectivity index (χ1) is 14.6. The summed E-state index contributed by atoms with van der Waals surface area (Å²) in [6.07, 6.45) is 1.61. The van der Waals surface area contributed by atoms with Gasteiger partial charge < -0.3 is 25.0 Å². The molecule has 3 rings (SSSR count). The number of ether oxygens (including phenoxy) is 2. The van der Waals surface area contributed by atoms with Crippen LogP contribution in [-0.2, 0) is 24.4 Å². The quantitative estimate of drug-likeness (QED) is 0.307. The van der Waals surface area contributed by atoms with Crippen LogP contribution in [0.4, 0.5) is 0 Å². The second-order valence-electron chi connectivity index (χ2n) is 7.16. The molecule has 1 fully saturated rings. The van der Waals surface area contributed by atoms with Crippen molar-refractivity contribution in [3.63, 3.8) is 0 Å². The first kappa shape index (κ1) is 24.8. The van der Waals surface area contributed by atoms with E-state index in [2.05, 4.69) is 27.8 Å². The molecule has 2 aromatic carbocycles. The van der Waals surface area contributed by atoms with Gasteiger partial charge in [0.05, 0.1) is 14.2 Å². The van der Waals surface area contributed by atoms with E-state index in [0.29, 0.717) is 43.5 Å². The highest BCUT2D eigenvalue weighted by Gasteiger charge is 2.20. The number of guanidine groups is 1. The lowest BCUT2D eigenvalue weighted by Crippen LogP contribution is -2.36. The molecule has 0 unspecified atom stereocenters. The van der Waals surface area contributed by atoms with Crippen molar-refractivity contribution in [3.8, 4) is 11.5 Å². The van der Waals surface area contributed by atoms with E-state index in [1.165, 1.54) is 0 Å². The zero-order chi connectivity index (χ0) is 21.3. The minimum atomic E-state index is 0. The van der Waals surface area contributed by atoms with E-state index in [-0.39, 0.29) is 29.9 Å². The fraction of sp³-hybridized carbons (Fsp3) is 0.391. The standard InChI is InChI=1S/C23H30N4O3.HI/c1-24-23(25-14-17-10-11-20(29-2)21(13-17)30-3)26-15-18-7-4-5-8-19(18)16-27-12-6-9-22(27)28;/h4-5,7-8,10-11,13H,6,9,12,14-16H2,1-3H3,(H2,24,25,26);1H. The molecule has 0 atom stereocenters. The van der Waals surface area contributed by atoms with Crippen LogP contribution in [0.1, 0.15) is 29.5 Å². The summed E-state index contributed by atoms with van der Waals surface area (Å²) in [6.45, 7) is 2.73. The molecule has 2 N–H and O–H groups in total. The van der Waals surface area contributed by atoms with Gasteiger partial charge in [-0.1, -0.05) is 30.3 Å². The molecule has 31 heavy (non-hydrogen) atoms. The van der Waals surface area contributed by atoms with Crippen molar-refractivity contribution >= 4 is 35.8 Å². The maximum atomic E-state index is 12.0. The van der Waals surface area contributed by atoms with Gasteiger partial charge in [-0.25, -0.2) is 0 Å². The van der Waals surface area contributed by atoms with E-state index in [1.54, 1.807) is 21.3 Å². The molecular weight excluding hydrogens is 507 g/mol. The second kappa shape index (κ2) is 12.4. The Kier molecular flexibility index (Phi) is 9.90. The van der Waals surface area contributed by atoms with Gasteiger partial charge in [-0.2, -0.15) is 0 Å². The summed E-state index contributed by atoms with van der Waals surface area (Å²) in [5.74, 6) is 2.35. The van der Waals surface area contributed by atoms with Crippen molar-refractivity contribution in [3.05, 3.63) is 59.2 Å². The van der Waals surface area contributed by atoms with Crippen molar-refractivity contribution in [1.29, 1.82) is 0 Å². The van der Waals surface area contributed by atoms with Crippen LogP contribution in [0.3, 0.4) is 0 Å². The maximum Gasteiger partial charge on any atom is 0.222 e. The first-order valence-electron chi connectivity index (χ1n) is 10.1. The van der Waals surface area contributed by atoms with Gasteiger partial charge in [-0.05, 0) is 35.2 Å². The largest absolute Gasteiger partial charge is 0.493 e. The lowest BCUT2D eigenvalue weighted by molar-refractivity contribution is -0.128. The lowest BCUT2D eigenvalue weighted by Gasteiger charge is -2.19. The number of methoxy groups -OCH3 is 2. The molecule has 0 saturated carbocycles. The van der Waals surface area contributed by atoms with E-state index in [0.717, 1.165) is 29.7 Å². The van der Waals surface area contributed by atoms with Crippen LogP contribution in [0.15, 0.2) is 47.5 Å². The number of amides is 1. The SMILES string of the molecule is CN=C(NCc1ccc(OC)c(OC)c1)NCc1ccccc1CN1CCCC1=O.I. The highest BCUT2D eigenvalue weighted by atomic mass is 127. The summed E-state index contributed by atoms with van der Waals surface area (Å²) in [7, 11) is 5.00. The fourth-order valence-corrected chi connectivity index (χ4v) is 3.54. The second-order valence-corrected chi connectivity index (χ2v) is 7.16. The third kappa shape index (κ3) is 6.75. The van der Waals surface area contributed by atoms with Crippen LogP contribution >= 0.6 is 24.0 Å². The summed E-state index contributed by atoms with van der Waals surface area (Å²) in [5.41, 5.74) is 3.38. The number of carbonyl (C=O) groups is 1. The van der Waals surface area contributed by atoms with E-state index in [4.69, 9.17) is 9.47 Å². The van der Waals surface area contributed by atoms with E-state index in [1.807, 2.05) is 35.2 Å². The third-order valence-electron chi connectivity index (χ3n) is 5.23. The molecule has 1 heterocycles.